The Bertz CT molecular complexity index is 2060. The molecule has 6 rings (SSSR count). The van der Waals surface area contributed by atoms with Crippen molar-refractivity contribution in [2.45, 2.75) is 51.1 Å². The fraction of sp³-hybridized carbons (Fsp3) is 0.289. The van der Waals surface area contributed by atoms with E-state index >= 15 is 0 Å². The van der Waals surface area contributed by atoms with E-state index in [4.69, 9.17) is 21.5 Å². The summed E-state index contributed by atoms with van der Waals surface area (Å²) in [5.41, 5.74) is 11.6. The Labute approximate surface area is 305 Å². The zero-order valence-electron chi connectivity index (χ0n) is 29.0. The van der Waals surface area contributed by atoms with Crippen LogP contribution in [0.1, 0.15) is 75.2 Å². The molecule has 0 saturated carbocycles. The van der Waals surface area contributed by atoms with Crippen molar-refractivity contribution in [3.05, 3.63) is 107 Å². The number of aromatic nitrogens is 1. The number of carbonyl (C=O) groups excluding carboxylic acids is 5. The average molecular weight is 723 g/mol. The summed E-state index contributed by atoms with van der Waals surface area (Å²) in [7, 11) is 0. The number of nitrogens with two attached hydrogens (primary N) is 2. The standard InChI is InChI=1S/C38H42N8O7/c39-27(15-17-41-30-6-4-5-29-34(30)38(51)46(37(29)50)31-13-14-33(47)42-36(31)49)23-45(40)18-2-1-3-20-53-28-11-7-24(8-12-28)22-44-19-16-25-9-10-26(21-32(25)44)35(48)43-52/h4-12,16,19,21,23,31,41,52H,1-3,13-15,17-18,20,22,39-40H2,(H,43,48)(H,42,47,49)/b27-23-. The van der Waals surface area contributed by atoms with E-state index in [0.717, 1.165) is 46.4 Å². The third kappa shape index (κ3) is 8.48. The van der Waals surface area contributed by atoms with Crippen molar-refractivity contribution in [1.82, 2.24) is 25.3 Å². The molecule has 1 atom stereocenters. The third-order valence-electron chi connectivity index (χ3n) is 9.27. The van der Waals surface area contributed by atoms with Crippen LogP contribution in [0, 0.1) is 0 Å². The van der Waals surface area contributed by atoms with Crippen LogP contribution in [-0.4, -0.2) is 75.0 Å². The van der Waals surface area contributed by atoms with Gasteiger partial charge in [0.05, 0.1) is 17.7 Å². The van der Waals surface area contributed by atoms with Gasteiger partial charge in [-0.15, -0.1) is 0 Å². The topological polar surface area (TPSA) is 214 Å². The molecule has 3 aromatic carbocycles. The molecule has 15 nitrogen and oxygen atoms in total. The SMILES string of the molecule is N/C(=C\N(N)CCCCCOc1ccc(Cn2ccc3ccc(C(=O)NO)cc32)cc1)CCNc1cccc2c1C(=O)N(C1CCC(=O)NC1=O)C2=O. The highest BCUT2D eigenvalue weighted by Crippen LogP contribution is 2.32. The summed E-state index contributed by atoms with van der Waals surface area (Å²) >= 11 is 0. The number of hydrogen-bond acceptors (Lipinski definition) is 11. The van der Waals surface area contributed by atoms with Gasteiger partial charge in [-0.3, -0.25) is 39.4 Å². The van der Waals surface area contributed by atoms with Crippen LogP contribution in [0.5, 0.6) is 5.75 Å². The van der Waals surface area contributed by atoms with Crippen LogP contribution in [0.4, 0.5) is 5.69 Å². The zero-order valence-corrected chi connectivity index (χ0v) is 29.0. The van der Waals surface area contributed by atoms with Crippen LogP contribution in [0.25, 0.3) is 10.9 Å². The van der Waals surface area contributed by atoms with Gasteiger partial charge >= 0.3 is 0 Å². The van der Waals surface area contributed by atoms with E-state index in [1.54, 1.807) is 47.0 Å². The van der Waals surface area contributed by atoms with Crippen LogP contribution in [0.3, 0.4) is 0 Å². The van der Waals surface area contributed by atoms with Gasteiger partial charge in [0.1, 0.15) is 11.8 Å². The molecule has 1 unspecified atom stereocenters. The fourth-order valence-electron chi connectivity index (χ4n) is 6.52. The first-order chi connectivity index (χ1) is 25.6. The van der Waals surface area contributed by atoms with Crippen LogP contribution in [0.2, 0.25) is 0 Å². The minimum absolute atomic E-state index is 0.0545. The van der Waals surface area contributed by atoms with E-state index in [0.29, 0.717) is 49.6 Å². The van der Waals surface area contributed by atoms with Crippen LogP contribution >= 0.6 is 0 Å². The Morgan fingerprint density at radius 2 is 1.83 bits per heavy atom. The minimum atomic E-state index is -1.03. The Morgan fingerprint density at radius 3 is 2.60 bits per heavy atom. The lowest BCUT2D eigenvalue weighted by Crippen LogP contribution is -2.54. The Balaban J connectivity index is 0.888. The van der Waals surface area contributed by atoms with Crippen LogP contribution in [0.15, 0.2) is 84.8 Å². The van der Waals surface area contributed by atoms with E-state index < -0.39 is 35.6 Å². The summed E-state index contributed by atoms with van der Waals surface area (Å²) in [5, 5.41) is 16.9. The molecule has 2 aliphatic heterocycles. The van der Waals surface area contributed by atoms with Gasteiger partial charge in [-0.05, 0) is 79.1 Å². The molecule has 276 valence electrons. The Morgan fingerprint density at radius 1 is 1.02 bits per heavy atom. The number of nitrogens with zero attached hydrogens (tertiary/aromatic N) is 3. The lowest BCUT2D eigenvalue weighted by Gasteiger charge is -2.27. The fourth-order valence-corrected chi connectivity index (χ4v) is 6.52. The van der Waals surface area contributed by atoms with E-state index in [2.05, 4.69) is 10.6 Å². The molecule has 8 N–H and O–H groups in total. The van der Waals surface area contributed by atoms with Crippen molar-refractivity contribution in [2.75, 3.05) is 25.0 Å². The van der Waals surface area contributed by atoms with Crippen LogP contribution in [-0.2, 0) is 16.1 Å². The maximum atomic E-state index is 13.3. The summed E-state index contributed by atoms with van der Waals surface area (Å²) < 4.78 is 7.97. The van der Waals surface area contributed by atoms with Crippen molar-refractivity contribution >= 4 is 46.1 Å². The van der Waals surface area contributed by atoms with Crippen molar-refractivity contribution in [2.24, 2.45) is 11.6 Å². The summed E-state index contributed by atoms with van der Waals surface area (Å²) in [6.45, 7) is 2.15. The van der Waals surface area contributed by atoms with Gasteiger partial charge in [-0.2, -0.15) is 0 Å². The van der Waals surface area contributed by atoms with Gasteiger partial charge < -0.3 is 25.4 Å². The number of benzene rings is 3. The highest BCUT2D eigenvalue weighted by molar-refractivity contribution is 6.25. The number of hydrogen-bond donors (Lipinski definition) is 6. The number of amides is 5. The first-order valence-corrected chi connectivity index (χ1v) is 17.4. The number of anilines is 1. The van der Waals surface area contributed by atoms with Crippen molar-refractivity contribution in [3.8, 4) is 5.75 Å². The number of imide groups is 2. The van der Waals surface area contributed by atoms with Crippen molar-refractivity contribution in [3.63, 3.8) is 0 Å². The highest BCUT2D eigenvalue weighted by Gasteiger charge is 2.45. The first-order valence-electron chi connectivity index (χ1n) is 17.4. The van der Waals surface area contributed by atoms with Gasteiger partial charge in [0.25, 0.3) is 17.7 Å². The molecule has 0 spiro atoms. The number of unbranched alkanes of at least 4 members (excludes halogenated alkanes) is 2. The van der Waals surface area contributed by atoms with Gasteiger partial charge in [0.2, 0.25) is 11.8 Å². The number of fused-ring (bicyclic) bond motifs is 2. The van der Waals surface area contributed by atoms with Crippen molar-refractivity contribution in [1.29, 1.82) is 0 Å². The molecular weight excluding hydrogens is 680 g/mol. The molecule has 1 fully saturated rings. The molecule has 15 heteroatoms. The molecule has 0 bridgehead atoms. The summed E-state index contributed by atoms with van der Waals surface area (Å²) in [4.78, 5) is 63.0. The molecule has 5 amide bonds. The monoisotopic (exact) mass is 722 g/mol. The van der Waals surface area contributed by atoms with E-state index in [1.807, 2.05) is 47.2 Å². The maximum Gasteiger partial charge on any atom is 0.274 e. The normalized spacial score (nSPS) is 15.8. The zero-order chi connectivity index (χ0) is 37.5. The molecule has 0 aliphatic carbocycles. The maximum absolute atomic E-state index is 13.3. The predicted molar refractivity (Wildman–Crippen MR) is 195 cm³/mol. The molecular formula is C38H42N8O7. The second kappa shape index (κ2) is 16.4. The molecule has 2 aliphatic rings. The molecule has 4 aromatic rings. The quantitative estimate of drug-likeness (QED) is 0.0325. The molecule has 1 saturated heterocycles. The average Bonchev–Trinajstić information content (AvgIpc) is 3.66. The summed E-state index contributed by atoms with van der Waals surface area (Å²) in [6.07, 6.45) is 6.80. The number of piperidine rings is 1. The molecule has 0 radical (unpaired) electrons. The molecule has 53 heavy (non-hydrogen) atoms. The molecule has 1 aromatic heterocycles. The number of nitrogens with one attached hydrogen (secondary N) is 3. The first kappa shape index (κ1) is 36.6. The van der Waals surface area contributed by atoms with Gasteiger partial charge in [-0.1, -0.05) is 24.3 Å². The lowest BCUT2D eigenvalue weighted by atomic mass is 10.0. The largest absolute Gasteiger partial charge is 0.494 e. The third-order valence-corrected chi connectivity index (χ3v) is 9.27. The predicted octanol–water partition coefficient (Wildman–Crippen LogP) is 3.24. The van der Waals surface area contributed by atoms with Crippen LogP contribution < -0.4 is 32.4 Å². The van der Waals surface area contributed by atoms with Gasteiger partial charge in [0.15, 0.2) is 0 Å². The van der Waals surface area contributed by atoms with Gasteiger partial charge in [-0.25, -0.2) is 11.3 Å². The second-order valence-corrected chi connectivity index (χ2v) is 13.0. The molecule has 3 heterocycles. The second-order valence-electron chi connectivity index (χ2n) is 13.0. The smallest absolute Gasteiger partial charge is 0.274 e. The van der Waals surface area contributed by atoms with E-state index in [-0.39, 0.29) is 24.0 Å². The Hall–Kier alpha value is -6.19. The summed E-state index contributed by atoms with van der Waals surface area (Å²) in [5.74, 6) is 4.16. The Kier molecular flexibility index (Phi) is 11.3. The summed E-state index contributed by atoms with van der Waals surface area (Å²) in [6, 6.07) is 19.0. The number of hydrazine groups is 1. The van der Waals surface area contributed by atoms with E-state index in [1.165, 1.54) is 0 Å². The highest BCUT2D eigenvalue weighted by atomic mass is 16.5. The van der Waals surface area contributed by atoms with Gasteiger partial charge in [0, 0.05) is 67.3 Å². The lowest BCUT2D eigenvalue weighted by molar-refractivity contribution is -0.136. The number of ether oxygens (including phenoxy) is 1. The van der Waals surface area contributed by atoms with Crippen molar-refractivity contribution < 1.29 is 33.9 Å². The number of hydroxylamine groups is 1. The number of carbonyl (C=O) groups is 5. The van der Waals surface area contributed by atoms with E-state index in [9.17, 15) is 24.0 Å². The minimum Gasteiger partial charge on any atom is -0.494 e. The number of rotatable bonds is 16.